The number of ketones is 2. The minimum Gasteiger partial charge on any atom is -0.289 e. The molecular weight excluding hydrogens is 402 g/mol. The molecule has 0 aromatic heterocycles. The van der Waals surface area contributed by atoms with Crippen molar-refractivity contribution in [3.63, 3.8) is 0 Å². The van der Waals surface area contributed by atoms with Crippen LogP contribution in [0.4, 0.5) is 20.2 Å². The molecule has 0 radical (unpaired) electrons. The highest BCUT2D eigenvalue weighted by atomic mass is 19.1. The fraction of sp³-hybridized carbons (Fsp3) is 0. The molecule has 0 heterocycles. The summed E-state index contributed by atoms with van der Waals surface area (Å²) in [6, 6.07) is 10.6. The van der Waals surface area contributed by atoms with Crippen LogP contribution in [0.5, 0.6) is 0 Å². The van der Waals surface area contributed by atoms with Gasteiger partial charge in [-0.25, -0.2) is 0 Å². The number of rotatable bonds is 6. The average Bonchev–Trinajstić information content (AvgIpc) is 2.73. The van der Waals surface area contributed by atoms with Crippen LogP contribution in [0.15, 0.2) is 60.7 Å². The molecule has 0 aliphatic rings. The topological polar surface area (TPSA) is 120 Å². The quantitative estimate of drug-likeness (QED) is 0.339. The summed E-state index contributed by atoms with van der Waals surface area (Å²) >= 11 is 0. The molecule has 0 aliphatic heterocycles. The van der Waals surface area contributed by atoms with Crippen LogP contribution in [0.1, 0.15) is 31.8 Å². The van der Waals surface area contributed by atoms with Crippen molar-refractivity contribution in [1.29, 1.82) is 0 Å². The van der Waals surface area contributed by atoms with E-state index in [1.54, 1.807) is 0 Å². The van der Waals surface area contributed by atoms with Crippen LogP contribution in [0, 0.1) is 31.9 Å². The SMILES string of the molecule is O=C(c1cccc(C(=O)c2ccc(F)c([N+](=O)[O-])c2)c1)c1ccc(F)c([N+](=O)[O-])c1. The molecule has 0 N–H and O–H groups in total. The highest BCUT2D eigenvalue weighted by Crippen LogP contribution is 2.23. The Kier molecular flexibility index (Phi) is 5.41. The fourth-order valence-corrected chi connectivity index (χ4v) is 2.72. The molecule has 0 saturated heterocycles. The van der Waals surface area contributed by atoms with Crippen LogP contribution in [0.3, 0.4) is 0 Å². The van der Waals surface area contributed by atoms with Crippen LogP contribution in [-0.2, 0) is 0 Å². The molecule has 0 fully saturated rings. The van der Waals surface area contributed by atoms with Gasteiger partial charge < -0.3 is 0 Å². The molecule has 0 atom stereocenters. The van der Waals surface area contributed by atoms with Crippen molar-refractivity contribution in [1.82, 2.24) is 0 Å². The molecule has 3 aromatic carbocycles. The standard InChI is InChI=1S/C20H10F2N2O6/c21-15-6-4-13(9-17(15)23(27)28)19(25)11-2-1-3-12(8-11)20(26)14-5-7-16(22)18(10-14)24(29)30/h1-10H. The number of benzene rings is 3. The third-order valence-electron chi connectivity index (χ3n) is 4.20. The molecule has 0 aliphatic carbocycles. The van der Waals surface area contributed by atoms with E-state index in [0.29, 0.717) is 0 Å². The molecule has 3 aromatic rings. The van der Waals surface area contributed by atoms with Crippen molar-refractivity contribution in [2.45, 2.75) is 0 Å². The maximum Gasteiger partial charge on any atom is 0.305 e. The predicted molar refractivity (Wildman–Crippen MR) is 99.4 cm³/mol. The monoisotopic (exact) mass is 412 g/mol. The van der Waals surface area contributed by atoms with Crippen LogP contribution in [0.25, 0.3) is 0 Å². The van der Waals surface area contributed by atoms with Crippen molar-refractivity contribution in [3.05, 3.63) is 115 Å². The summed E-state index contributed by atoms with van der Waals surface area (Å²) in [7, 11) is 0. The molecular formula is C20H10F2N2O6. The van der Waals surface area contributed by atoms with E-state index in [4.69, 9.17) is 0 Å². The van der Waals surface area contributed by atoms with E-state index in [-0.39, 0.29) is 22.3 Å². The summed E-state index contributed by atoms with van der Waals surface area (Å²) in [6.07, 6.45) is 0. The normalized spacial score (nSPS) is 10.5. The van der Waals surface area contributed by atoms with Gasteiger partial charge in [-0.1, -0.05) is 18.2 Å². The minimum absolute atomic E-state index is 0.0154. The largest absolute Gasteiger partial charge is 0.305 e. The Morgan fingerprint density at radius 1 is 0.633 bits per heavy atom. The van der Waals surface area contributed by atoms with Crippen molar-refractivity contribution in [3.8, 4) is 0 Å². The maximum atomic E-state index is 13.5. The van der Waals surface area contributed by atoms with E-state index in [1.165, 1.54) is 24.3 Å². The molecule has 150 valence electrons. The van der Waals surface area contributed by atoms with E-state index >= 15 is 0 Å². The lowest BCUT2D eigenvalue weighted by Gasteiger charge is -2.06. The molecule has 30 heavy (non-hydrogen) atoms. The number of halogens is 2. The molecule has 3 rings (SSSR count). The summed E-state index contributed by atoms with van der Waals surface area (Å²) in [6.45, 7) is 0. The lowest BCUT2D eigenvalue weighted by molar-refractivity contribution is -0.387. The molecule has 0 spiro atoms. The van der Waals surface area contributed by atoms with Gasteiger partial charge in [0, 0.05) is 34.4 Å². The number of nitro benzene ring substituents is 2. The summed E-state index contributed by atoms with van der Waals surface area (Å²) in [5.41, 5.74) is -2.09. The zero-order chi connectivity index (χ0) is 22.0. The average molecular weight is 412 g/mol. The number of nitro groups is 2. The second-order valence-corrected chi connectivity index (χ2v) is 6.09. The van der Waals surface area contributed by atoms with Gasteiger partial charge in [0.25, 0.3) is 0 Å². The summed E-state index contributed by atoms with van der Waals surface area (Å²) in [5, 5.41) is 21.7. The molecule has 0 saturated carbocycles. The second-order valence-electron chi connectivity index (χ2n) is 6.09. The Morgan fingerprint density at radius 3 is 1.37 bits per heavy atom. The van der Waals surface area contributed by atoms with Crippen LogP contribution in [0.2, 0.25) is 0 Å². The third kappa shape index (κ3) is 3.92. The highest BCUT2D eigenvalue weighted by molar-refractivity contribution is 6.13. The van der Waals surface area contributed by atoms with Crippen molar-refractivity contribution in [2.24, 2.45) is 0 Å². The zero-order valence-corrected chi connectivity index (χ0v) is 14.9. The van der Waals surface area contributed by atoms with Gasteiger partial charge in [-0.2, -0.15) is 8.78 Å². The summed E-state index contributed by atoms with van der Waals surface area (Å²) in [4.78, 5) is 45.1. The Bertz CT molecular complexity index is 1130. The molecule has 0 amide bonds. The van der Waals surface area contributed by atoms with E-state index in [2.05, 4.69) is 0 Å². The molecule has 8 nitrogen and oxygen atoms in total. The Hall–Kier alpha value is -4.34. The van der Waals surface area contributed by atoms with Crippen LogP contribution >= 0.6 is 0 Å². The van der Waals surface area contributed by atoms with Gasteiger partial charge in [-0.3, -0.25) is 29.8 Å². The summed E-state index contributed by atoms with van der Waals surface area (Å²) < 4.78 is 27.0. The van der Waals surface area contributed by atoms with Gasteiger partial charge in [0.1, 0.15) is 0 Å². The number of nitrogens with zero attached hydrogens (tertiary/aromatic N) is 2. The van der Waals surface area contributed by atoms with Gasteiger partial charge in [0.05, 0.1) is 9.85 Å². The smallest absolute Gasteiger partial charge is 0.289 e. The third-order valence-corrected chi connectivity index (χ3v) is 4.20. The van der Waals surface area contributed by atoms with Crippen LogP contribution < -0.4 is 0 Å². The van der Waals surface area contributed by atoms with Crippen molar-refractivity contribution >= 4 is 22.9 Å². The van der Waals surface area contributed by atoms with Gasteiger partial charge in [-0.15, -0.1) is 0 Å². The Balaban J connectivity index is 1.97. The first-order valence-electron chi connectivity index (χ1n) is 8.26. The van der Waals surface area contributed by atoms with Gasteiger partial charge in [0.15, 0.2) is 11.6 Å². The minimum atomic E-state index is -1.10. The lowest BCUT2D eigenvalue weighted by atomic mass is 9.97. The van der Waals surface area contributed by atoms with E-state index < -0.39 is 44.4 Å². The fourth-order valence-electron chi connectivity index (χ4n) is 2.72. The predicted octanol–water partition coefficient (Wildman–Crippen LogP) is 4.24. The number of hydrogen-bond donors (Lipinski definition) is 0. The molecule has 0 bridgehead atoms. The van der Waals surface area contributed by atoms with Gasteiger partial charge >= 0.3 is 11.4 Å². The Labute approximate surface area is 166 Å². The Morgan fingerprint density at radius 2 is 1.00 bits per heavy atom. The molecule has 0 unspecified atom stereocenters. The molecule has 10 heteroatoms. The summed E-state index contributed by atoms with van der Waals surface area (Å²) in [5.74, 6) is -3.59. The van der Waals surface area contributed by atoms with Gasteiger partial charge in [0.2, 0.25) is 11.6 Å². The lowest BCUT2D eigenvalue weighted by Crippen LogP contribution is -2.07. The number of carbonyl (C=O) groups excluding carboxylic acids is 2. The van der Waals surface area contributed by atoms with Crippen molar-refractivity contribution in [2.75, 3.05) is 0 Å². The first kappa shape index (κ1) is 20.4. The number of carbonyl (C=O) groups is 2. The van der Waals surface area contributed by atoms with E-state index in [9.17, 15) is 38.6 Å². The second kappa shape index (κ2) is 7.95. The van der Waals surface area contributed by atoms with E-state index in [0.717, 1.165) is 36.4 Å². The zero-order valence-electron chi connectivity index (χ0n) is 14.9. The maximum absolute atomic E-state index is 13.5. The van der Waals surface area contributed by atoms with Gasteiger partial charge in [-0.05, 0) is 30.3 Å². The first-order valence-corrected chi connectivity index (χ1v) is 8.26. The number of hydrogen-bond acceptors (Lipinski definition) is 6. The van der Waals surface area contributed by atoms with Crippen LogP contribution in [-0.4, -0.2) is 21.4 Å². The van der Waals surface area contributed by atoms with Crippen molar-refractivity contribution < 1.29 is 28.2 Å². The van der Waals surface area contributed by atoms with E-state index in [1.807, 2.05) is 0 Å². The first-order chi connectivity index (χ1) is 14.2. The highest BCUT2D eigenvalue weighted by Gasteiger charge is 2.21.